The summed E-state index contributed by atoms with van der Waals surface area (Å²) in [5.41, 5.74) is 6.25. The number of aliphatic hydroxyl groups is 1. The van der Waals surface area contributed by atoms with Gasteiger partial charge in [-0.2, -0.15) is 0 Å². The number of amides is 2. The molecule has 4 aromatic rings. The number of benzene rings is 4. The molecule has 4 atom stereocenters. The van der Waals surface area contributed by atoms with E-state index in [0.29, 0.717) is 37.9 Å². The van der Waals surface area contributed by atoms with Gasteiger partial charge in [0.1, 0.15) is 0 Å². The summed E-state index contributed by atoms with van der Waals surface area (Å²) in [6.45, 7) is 2.90. The van der Waals surface area contributed by atoms with Gasteiger partial charge in [0.05, 0.1) is 18.8 Å². The molecular formula is C39H47N3O6. The van der Waals surface area contributed by atoms with Crippen LogP contribution in [0.25, 0.3) is 10.8 Å². The van der Waals surface area contributed by atoms with Crippen LogP contribution in [0.2, 0.25) is 0 Å². The smallest absolute Gasteiger partial charge is 0.243 e. The maximum Gasteiger partial charge on any atom is 0.243 e. The van der Waals surface area contributed by atoms with Gasteiger partial charge in [0.25, 0.3) is 0 Å². The van der Waals surface area contributed by atoms with E-state index >= 15 is 0 Å². The highest BCUT2D eigenvalue weighted by Crippen LogP contribution is 2.39. The minimum Gasteiger partial charge on any atom is -0.392 e. The van der Waals surface area contributed by atoms with E-state index in [-0.39, 0.29) is 37.2 Å². The fourth-order valence-electron chi connectivity index (χ4n) is 6.20. The van der Waals surface area contributed by atoms with Gasteiger partial charge in [-0.3, -0.25) is 19.7 Å². The Morgan fingerprint density at radius 1 is 0.833 bits per heavy atom. The fraction of sp³-hybridized carbons (Fsp3) is 0.385. The second-order valence-corrected chi connectivity index (χ2v) is 12.7. The molecule has 1 aliphatic rings. The second kappa shape index (κ2) is 17.3. The summed E-state index contributed by atoms with van der Waals surface area (Å²) in [7, 11) is 2.13. The van der Waals surface area contributed by atoms with Gasteiger partial charge in [0.15, 0.2) is 6.29 Å². The predicted octanol–water partition coefficient (Wildman–Crippen LogP) is 7.36. The summed E-state index contributed by atoms with van der Waals surface area (Å²) in [4.78, 5) is 26.2. The highest BCUT2D eigenvalue weighted by Gasteiger charge is 2.33. The maximum absolute atomic E-state index is 12.7. The fourth-order valence-corrected chi connectivity index (χ4v) is 6.20. The Bertz CT molecular complexity index is 1640. The molecule has 0 aliphatic carbocycles. The van der Waals surface area contributed by atoms with Crippen LogP contribution in [0.5, 0.6) is 0 Å². The number of anilines is 1. The molecule has 254 valence electrons. The number of nitrogens with one attached hydrogen (secondary N) is 2. The van der Waals surface area contributed by atoms with Crippen molar-refractivity contribution >= 4 is 28.3 Å². The molecule has 0 unspecified atom stereocenters. The lowest BCUT2D eigenvalue weighted by atomic mass is 9.98. The number of hydrogen-bond acceptors (Lipinski definition) is 7. The van der Waals surface area contributed by atoms with Gasteiger partial charge in [-0.05, 0) is 72.5 Å². The summed E-state index contributed by atoms with van der Waals surface area (Å²) in [5.74, 6) is -0.465. The van der Waals surface area contributed by atoms with Crippen LogP contribution in [0.1, 0.15) is 92.6 Å². The van der Waals surface area contributed by atoms with Crippen molar-refractivity contribution in [3.63, 3.8) is 0 Å². The zero-order chi connectivity index (χ0) is 33.9. The summed E-state index contributed by atoms with van der Waals surface area (Å²) < 4.78 is 13.2. The molecule has 0 aromatic heterocycles. The number of nitrogens with zero attached hydrogens (tertiary/aromatic N) is 1. The largest absolute Gasteiger partial charge is 0.392 e. The number of rotatable bonds is 15. The molecule has 0 saturated carbocycles. The first-order valence-corrected chi connectivity index (χ1v) is 16.8. The van der Waals surface area contributed by atoms with E-state index in [1.807, 2.05) is 48.5 Å². The molecule has 48 heavy (non-hydrogen) atoms. The van der Waals surface area contributed by atoms with E-state index in [9.17, 15) is 14.7 Å². The van der Waals surface area contributed by atoms with E-state index in [2.05, 4.69) is 66.7 Å². The van der Waals surface area contributed by atoms with Crippen LogP contribution in [0.4, 0.5) is 5.69 Å². The van der Waals surface area contributed by atoms with Crippen molar-refractivity contribution < 1.29 is 29.4 Å². The molecular weight excluding hydrogens is 606 g/mol. The van der Waals surface area contributed by atoms with Gasteiger partial charge in [-0.1, -0.05) is 85.6 Å². The number of aliphatic hydroxyl groups excluding tert-OH is 1. The minimum absolute atomic E-state index is 0.0144. The molecule has 1 aliphatic heterocycles. The Morgan fingerprint density at radius 3 is 2.29 bits per heavy atom. The minimum atomic E-state index is -0.636. The number of carbonyl (C=O) groups is 2. The SMILES string of the molecule is C[C@H](c1ccc2ccccc2c1)N(C)C[C@H]1C[C@@H](c2ccc(CO)cc2)O[C@@H](c2cccc(NC(=O)CCCCCCC(=O)NO)c2)O1. The van der Waals surface area contributed by atoms with Crippen LogP contribution in [-0.4, -0.2) is 46.7 Å². The van der Waals surface area contributed by atoms with Crippen LogP contribution in [0, 0.1) is 0 Å². The number of ether oxygens (including phenoxy) is 2. The van der Waals surface area contributed by atoms with Crippen LogP contribution < -0.4 is 10.8 Å². The lowest BCUT2D eigenvalue weighted by Crippen LogP contribution is -2.38. The molecule has 4 aromatic carbocycles. The van der Waals surface area contributed by atoms with Gasteiger partial charge in [0, 0.05) is 43.1 Å². The van der Waals surface area contributed by atoms with Crippen molar-refractivity contribution in [2.24, 2.45) is 0 Å². The van der Waals surface area contributed by atoms with Gasteiger partial charge < -0.3 is 19.9 Å². The third-order valence-electron chi connectivity index (χ3n) is 9.15. The third kappa shape index (κ3) is 9.71. The third-order valence-corrected chi connectivity index (χ3v) is 9.15. The molecule has 0 spiro atoms. The Balaban J connectivity index is 1.25. The molecule has 2 amide bonds. The number of unbranched alkanes of at least 4 members (excludes halogenated alkanes) is 3. The average Bonchev–Trinajstić information content (AvgIpc) is 3.12. The zero-order valence-electron chi connectivity index (χ0n) is 27.8. The van der Waals surface area contributed by atoms with Crippen molar-refractivity contribution in [2.75, 3.05) is 18.9 Å². The van der Waals surface area contributed by atoms with E-state index in [1.165, 1.54) is 16.3 Å². The molecule has 4 N–H and O–H groups in total. The normalized spacial score (nSPS) is 18.5. The van der Waals surface area contributed by atoms with E-state index in [4.69, 9.17) is 14.7 Å². The Morgan fingerprint density at radius 2 is 1.56 bits per heavy atom. The van der Waals surface area contributed by atoms with E-state index < -0.39 is 12.2 Å². The van der Waals surface area contributed by atoms with E-state index in [1.54, 1.807) is 5.48 Å². The topological polar surface area (TPSA) is 120 Å². The van der Waals surface area contributed by atoms with Crippen molar-refractivity contribution in [3.05, 3.63) is 113 Å². The predicted molar refractivity (Wildman–Crippen MR) is 186 cm³/mol. The summed E-state index contributed by atoms with van der Waals surface area (Å²) >= 11 is 0. The molecule has 5 rings (SSSR count). The standard InChI is InChI=1S/C39H47N3O6/c1-27(31-21-20-29-10-7-8-11-32(29)22-31)42(2)25-35-24-36(30-18-16-28(26-43)17-19-30)48-39(47-35)33-12-9-13-34(23-33)40-37(44)14-5-3-4-6-15-38(45)41-46/h7-13,16-23,27,35-36,39,43,46H,3-6,14-15,24-26H2,1-2H3,(H,40,44)(H,41,45)/t27-,35-,36+,39+/m1/s1. The maximum atomic E-state index is 12.7. The number of likely N-dealkylation sites (N-methyl/N-ethyl adjacent to an activating group) is 1. The Labute approximate surface area is 282 Å². The summed E-state index contributed by atoms with van der Waals surface area (Å²) in [6.07, 6.45) is 3.37. The van der Waals surface area contributed by atoms with Crippen molar-refractivity contribution in [1.29, 1.82) is 0 Å². The molecule has 0 bridgehead atoms. The highest BCUT2D eigenvalue weighted by molar-refractivity contribution is 5.90. The van der Waals surface area contributed by atoms with Gasteiger partial charge >= 0.3 is 0 Å². The van der Waals surface area contributed by atoms with Gasteiger partial charge in [-0.15, -0.1) is 0 Å². The first-order chi connectivity index (χ1) is 23.3. The quantitative estimate of drug-likeness (QED) is 0.0601. The first-order valence-electron chi connectivity index (χ1n) is 16.8. The summed E-state index contributed by atoms with van der Waals surface area (Å²) in [5, 5.41) is 23.6. The monoisotopic (exact) mass is 653 g/mol. The van der Waals surface area contributed by atoms with Crippen LogP contribution >= 0.6 is 0 Å². The molecule has 1 heterocycles. The lowest BCUT2D eigenvalue weighted by Gasteiger charge is -2.39. The number of fused-ring (bicyclic) bond motifs is 1. The van der Waals surface area contributed by atoms with E-state index in [0.717, 1.165) is 29.5 Å². The number of carbonyl (C=O) groups excluding carboxylic acids is 2. The number of hydrogen-bond donors (Lipinski definition) is 4. The van der Waals surface area contributed by atoms with Crippen LogP contribution in [0.15, 0.2) is 91.0 Å². The highest BCUT2D eigenvalue weighted by atomic mass is 16.7. The van der Waals surface area contributed by atoms with Crippen molar-refractivity contribution in [3.8, 4) is 0 Å². The lowest BCUT2D eigenvalue weighted by molar-refractivity contribution is -0.253. The van der Waals surface area contributed by atoms with Crippen molar-refractivity contribution in [2.45, 2.75) is 83.0 Å². The zero-order valence-corrected chi connectivity index (χ0v) is 27.8. The summed E-state index contributed by atoms with van der Waals surface area (Å²) in [6, 6.07) is 30.7. The van der Waals surface area contributed by atoms with Crippen LogP contribution in [-0.2, 0) is 25.7 Å². The molecule has 9 nitrogen and oxygen atoms in total. The number of hydroxylamine groups is 1. The molecule has 0 radical (unpaired) electrons. The van der Waals surface area contributed by atoms with Gasteiger partial charge in [-0.25, -0.2) is 5.48 Å². The molecule has 1 fully saturated rings. The Kier molecular flexibility index (Phi) is 12.7. The molecule has 1 saturated heterocycles. The molecule has 9 heteroatoms. The Hall–Kier alpha value is -4.12. The van der Waals surface area contributed by atoms with Gasteiger partial charge in [0.2, 0.25) is 11.8 Å². The average molecular weight is 654 g/mol. The second-order valence-electron chi connectivity index (χ2n) is 12.7. The van der Waals surface area contributed by atoms with Crippen molar-refractivity contribution in [1.82, 2.24) is 10.4 Å². The van der Waals surface area contributed by atoms with Crippen LogP contribution in [0.3, 0.4) is 0 Å². The first kappa shape index (κ1) is 35.2.